The lowest BCUT2D eigenvalue weighted by molar-refractivity contribution is 0.816. The van der Waals surface area contributed by atoms with Gasteiger partial charge in [-0.2, -0.15) is 0 Å². The van der Waals surface area contributed by atoms with Gasteiger partial charge in [0.15, 0.2) is 0 Å². The molecule has 1 aliphatic rings. The molecule has 0 saturated carbocycles. The highest BCUT2D eigenvalue weighted by atomic mass is 14.2. The Morgan fingerprint density at radius 3 is 2.77 bits per heavy atom. The summed E-state index contributed by atoms with van der Waals surface area (Å²) in [4.78, 5) is 0. The molecule has 0 heterocycles. The van der Waals surface area contributed by atoms with Crippen LogP contribution >= 0.6 is 0 Å². The fraction of sp³-hybridized carbons (Fsp3) is 0.385. The molecule has 0 nitrogen and oxygen atoms in total. The maximum atomic E-state index is 2.34. The predicted octanol–water partition coefficient (Wildman–Crippen LogP) is 3.77. The van der Waals surface area contributed by atoms with Crippen molar-refractivity contribution in [1.82, 2.24) is 0 Å². The first kappa shape index (κ1) is 8.55. The van der Waals surface area contributed by atoms with Crippen molar-refractivity contribution in [3.05, 3.63) is 41.0 Å². The van der Waals surface area contributed by atoms with Gasteiger partial charge in [0.1, 0.15) is 0 Å². The highest BCUT2D eigenvalue weighted by Gasteiger charge is 2.16. The molecule has 0 radical (unpaired) electrons. The van der Waals surface area contributed by atoms with Gasteiger partial charge in [-0.05, 0) is 29.5 Å². The zero-order valence-electron chi connectivity index (χ0n) is 8.38. The quantitative estimate of drug-likeness (QED) is 0.637. The van der Waals surface area contributed by atoms with Crippen molar-refractivity contribution in [2.75, 3.05) is 0 Å². The first-order valence-electron chi connectivity index (χ1n) is 5.16. The van der Waals surface area contributed by atoms with E-state index in [9.17, 15) is 0 Å². The number of aryl methyl sites for hydroxylation is 1. The Morgan fingerprint density at radius 2 is 2.08 bits per heavy atom. The Kier molecular flexibility index (Phi) is 2.22. The third kappa shape index (κ3) is 1.31. The smallest absolute Gasteiger partial charge is 0.00247 e. The van der Waals surface area contributed by atoms with Crippen LogP contribution in [0, 0.1) is 0 Å². The average molecular weight is 172 g/mol. The van der Waals surface area contributed by atoms with Crippen LogP contribution in [-0.4, -0.2) is 0 Å². The molecule has 0 aromatic heterocycles. The van der Waals surface area contributed by atoms with Crippen LogP contribution in [0.1, 0.15) is 42.9 Å². The maximum absolute atomic E-state index is 2.34. The minimum absolute atomic E-state index is 0.668. The standard InChI is InChI=1S/C13H16/c1-3-10-6-5-7-12-11(4-2)8-9-13(10)12/h5-9,11H,3-4H2,1-2H3. The summed E-state index contributed by atoms with van der Waals surface area (Å²) in [6.07, 6.45) is 6.99. The summed E-state index contributed by atoms with van der Waals surface area (Å²) in [5, 5.41) is 0. The molecule has 1 aromatic rings. The molecule has 0 N–H and O–H groups in total. The normalized spacial score (nSPS) is 19.1. The van der Waals surface area contributed by atoms with Gasteiger partial charge < -0.3 is 0 Å². The van der Waals surface area contributed by atoms with Crippen LogP contribution in [0.25, 0.3) is 6.08 Å². The molecule has 0 amide bonds. The van der Waals surface area contributed by atoms with E-state index >= 15 is 0 Å². The van der Waals surface area contributed by atoms with E-state index in [2.05, 4.69) is 44.2 Å². The van der Waals surface area contributed by atoms with E-state index in [0.29, 0.717) is 5.92 Å². The van der Waals surface area contributed by atoms with Crippen LogP contribution in [0.4, 0.5) is 0 Å². The second-order valence-corrected chi connectivity index (χ2v) is 3.65. The second kappa shape index (κ2) is 3.37. The van der Waals surface area contributed by atoms with Gasteiger partial charge in [-0.15, -0.1) is 0 Å². The molecule has 0 aliphatic heterocycles. The van der Waals surface area contributed by atoms with Crippen molar-refractivity contribution in [3.8, 4) is 0 Å². The lowest BCUT2D eigenvalue weighted by atomic mass is 9.95. The van der Waals surface area contributed by atoms with Crippen molar-refractivity contribution >= 4 is 6.08 Å². The van der Waals surface area contributed by atoms with Gasteiger partial charge in [-0.3, -0.25) is 0 Å². The van der Waals surface area contributed by atoms with Crippen molar-refractivity contribution in [1.29, 1.82) is 0 Å². The summed E-state index contributed by atoms with van der Waals surface area (Å²) >= 11 is 0. The van der Waals surface area contributed by atoms with E-state index < -0.39 is 0 Å². The molecule has 13 heavy (non-hydrogen) atoms. The molecule has 0 bridgehead atoms. The molecular formula is C13H16. The molecule has 0 fully saturated rings. The van der Waals surface area contributed by atoms with Gasteiger partial charge in [0, 0.05) is 5.92 Å². The second-order valence-electron chi connectivity index (χ2n) is 3.65. The molecule has 1 aliphatic carbocycles. The summed E-state index contributed by atoms with van der Waals surface area (Å²) in [6.45, 7) is 4.48. The lowest BCUT2D eigenvalue weighted by Gasteiger charge is -2.09. The van der Waals surface area contributed by atoms with E-state index in [4.69, 9.17) is 0 Å². The number of hydrogen-bond donors (Lipinski definition) is 0. The summed E-state index contributed by atoms with van der Waals surface area (Å²) < 4.78 is 0. The largest absolute Gasteiger partial charge is 0.0764 e. The maximum Gasteiger partial charge on any atom is 0.00247 e. The highest BCUT2D eigenvalue weighted by Crippen LogP contribution is 2.34. The summed E-state index contributed by atoms with van der Waals surface area (Å²) in [7, 11) is 0. The molecule has 0 spiro atoms. The Balaban J connectivity index is 2.48. The fourth-order valence-corrected chi connectivity index (χ4v) is 2.14. The van der Waals surface area contributed by atoms with E-state index in [1.807, 2.05) is 0 Å². The van der Waals surface area contributed by atoms with Crippen LogP contribution < -0.4 is 0 Å². The molecule has 0 heteroatoms. The molecular weight excluding hydrogens is 156 g/mol. The minimum Gasteiger partial charge on any atom is -0.0764 e. The Hall–Kier alpha value is -1.04. The Morgan fingerprint density at radius 1 is 1.23 bits per heavy atom. The zero-order chi connectivity index (χ0) is 9.26. The van der Waals surface area contributed by atoms with Crippen LogP contribution in [0.3, 0.4) is 0 Å². The van der Waals surface area contributed by atoms with Gasteiger partial charge >= 0.3 is 0 Å². The highest BCUT2D eigenvalue weighted by molar-refractivity contribution is 5.65. The van der Waals surface area contributed by atoms with Gasteiger partial charge in [0.25, 0.3) is 0 Å². The third-order valence-electron chi connectivity index (χ3n) is 2.95. The summed E-state index contributed by atoms with van der Waals surface area (Å²) in [5.74, 6) is 0.668. The predicted molar refractivity (Wildman–Crippen MR) is 57.9 cm³/mol. The molecule has 1 aromatic carbocycles. The van der Waals surface area contributed by atoms with E-state index in [0.717, 1.165) is 6.42 Å². The Bertz CT molecular complexity index is 334. The van der Waals surface area contributed by atoms with Gasteiger partial charge in [-0.1, -0.05) is 44.2 Å². The molecule has 68 valence electrons. The van der Waals surface area contributed by atoms with Crippen molar-refractivity contribution < 1.29 is 0 Å². The SMILES string of the molecule is CCc1cccc2c1C=CC2CC. The number of benzene rings is 1. The lowest BCUT2D eigenvalue weighted by Crippen LogP contribution is -1.93. The van der Waals surface area contributed by atoms with E-state index in [-0.39, 0.29) is 0 Å². The van der Waals surface area contributed by atoms with Gasteiger partial charge in [0.2, 0.25) is 0 Å². The topological polar surface area (TPSA) is 0 Å². The molecule has 2 rings (SSSR count). The van der Waals surface area contributed by atoms with Crippen molar-refractivity contribution in [3.63, 3.8) is 0 Å². The molecule has 1 unspecified atom stereocenters. The van der Waals surface area contributed by atoms with Gasteiger partial charge in [-0.25, -0.2) is 0 Å². The van der Waals surface area contributed by atoms with E-state index in [1.54, 1.807) is 0 Å². The van der Waals surface area contributed by atoms with Gasteiger partial charge in [0.05, 0.1) is 0 Å². The molecule has 1 atom stereocenters. The minimum atomic E-state index is 0.668. The summed E-state index contributed by atoms with van der Waals surface area (Å²) in [6, 6.07) is 6.69. The Labute approximate surface area is 80.3 Å². The molecule has 0 saturated heterocycles. The van der Waals surface area contributed by atoms with Crippen LogP contribution in [-0.2, 0) is 6.42 Å². The summed E-state index contributed by atoms with van der Waals surface area (Å²) in [5.41, 5.74) is 4.50. The number of allylic oxidation sites excluding steroid dienone is 1. The monoisotopic (exact) mass is 172 g/mol. The van der Waals surface area contributed by atoms with Crippen molar-refractivity contribution in [2.45, 2.75) is 32.6 Å². The van der Waals surface area contributed by atoms with E-state index in [1.165, 1.54) is 23.1 Å². The number of hydrogen-bond acceptors (Lipinski definition) is 0. The number of rotatable bonds is 2. The fourth-order valence-electron chi connectivity index (χ4n) is 2.14. The first-order chi connectivity index (χ1) is 6.36. The third-order valence-corrected chi connectivity index (χ3v) is 2.95. The first-order valence-corrected chi connectivity index (χ1v) is 5.16. The number of fused-ring (bicyclic) bond motifs is 1. The van der Waals surface area contributed by atoms with Crippen LogP contribution in [0.2, 0.25) is 0 Å². The zero-order valence-corrected chi connectivity index (χ0v) is 8.38. The van der Waals surface area contributed by atoms with Crippen LogP contribution in [0.5, 0.6) is 0 Å². The van der Waals surface area contributed by atoms with Crippen molar-refractivity contribution in [2.24, 2.45) is 0 Å². The van der Waals surface area contributed by atoms with Crippen LogP contribution in [0.15, 0.2) is 24.3 Å². The average Bonchev–Trinajstić information content (AvgIpc) is 2.60.